The monoisotopic (exact) mass is 695 g/mol. The molecule has 10 aromatic carbocycles. The van der Waals surface area contributed by atoms with Crippen LogP contribution < -0.4 is 4.90 Å². The number of furan rings is 1. The zero-order valence-corrected chi connectivity index (χ0v) is 28.8. The van der Waals surface area contributed by atoms with E-state index in [1.54, 1.807) is 24.3 Å². The van der Waals surface area contributed by atoms with Crippen LogP contribution in [0.15, 0.2) is 204 Å². The van der Waals surface area contributed by atoms with Gasteiger partial charge in [0, 0.05) is 22.1 Å². The molecule has 1 heterocycles. The Hall–Kier alpha value is -7.16. The molecule has 252 valence electrons. The van der Waals surface area contributed by atoms with Crippen LogP contribution in [0.3, 0.4) is 0 Å². The second-order valence-electron chi connectivity index (χ2n) is 13.5. The molecule has 0 unspecified atom stereocenters. The molecule has 0 fully saturated rings. The molecular weight excluding hydrogens is 655 g/mol. The molecule has 54 heavy (non-hydrogen) atoms. The molecule has 11 aromatic rings. The first-order valence-electron chi connectivity index (χ1n) is 21.9. The van der Waals surface area contributed by atoms with Gasteiger partial charge in [-0.2, -0.15) is 0 Å². The first-order chi connectivity index (χ1) is 30.1. The summed E-state index contributed by atoms with van der Waals surface area (Å²) < 4.78 is 83.1. The molecule has 0 N–H and O–H groups in total. The van der Waals surface area contributed by atoms with Gasteiger partial charge in [0.25, 0.3) is 0 Å². The SMILES string of the molecule is [2H]c1c([2H])c(N(c2c([2H])c([2H])c(-c3ccc4c(ccc5ccccc54)c3)c([2H])c2[2H])c2cccc3oc4c5ccccc5ccc4c23)c([2H])c([2H])c1-c1ccc2ccccc2c1. The van der Waals surface area contributed by atoms with Gasteiger partial charge in [-0.05, 0) is 114 Å². The third kappa shape index (κ3) is 4.96. The fraction of sp³-hybridized carbons (Fsp3) is 0. The van der Waals surface area contributed by atoms with Gasteiger partial charge in [-0.25, -0.2) is 0 Å². The minimum Gasteiger partial charge on any atom is -0.455 e. The normalized spacial score (nSPS) is 13.8. The van der Waals surface area contributed by atoms with E-state index >= 15 is 0 Å². The van der Waals surface area contributed by atoms with Gasteiger partial charge in [0.15, 0.2) is 0 Å². The second kappa shape index (κ2) is 12.2. The van der Waals surface area contributed by atoms with Crippen LogP contribution in [0.5, 0.6) is 0 Å². The standard InChI is InChI=1S/C52H33NO/c1-2-11-39-32-40(18-16-34(39)8-1)35-20-26-43(27-21-35)53(49-14-7-15-50-51(49)48-31-24-38-10-4-6-13-47(38)52(48)54-50)44-28-22-36(23-29-44)41-25-30-46-42(33-41)19-17-37-9-3-5-12-45(37)46/h1-33H/i20D,21D,22D,23D,26D,27D,28D,29D. The van der Waals surface area contributed by atoms with Crippen molar-refractivity contribution in [1.82, 2.24) is 0 Å². The van der Waals surface area contributed by atoms with E-state index in [-0.39, 0.29) is 46.7 Å². The molecule has 1 aromatic heterocycles. The fourth-order valence-electron chi connectivity index (χ4n) is 7.71. The number of hydrogen-bond donors (Lipinski definition) is 0. The topological polar surface area (TPSA) is 16.4 Å². The summed E-state index contributed by atoms with van der Waals surface area (Å²) in [6, 6.07) is 45.0. The summed E-state index contributed by atoms with van der Waals surface area (Å²) in [6.45, 7) is 0. The van der Waals surface area contributed by atoms with E-state index in [1.807, 2.05) is 127 Å². The number of nitrogens with zero attached hydrogens (tertiary/aromatic N) is 1. The van der Waals surface area contributed by atoms with E-state index in [2.05, 4.69) is 0 Å². The van der Waals surface area contributed by atoms with Crippen LogP contribution in [-0.4, -0.2) is 0 Å². The Morgan fingerprint density at radius 1 is 0.370 bits per heavy atom. The smallest absolute Gasteiger partial charge is 0.143 e. The molecule has 0 bridgehead atoms. The van der Waals surface area contributed by atoms with Gasteiger partial charge in [-0.15, -0.1) is 0 Å². The fourth-order valence-corrected chi connectivity index (χ4v) is 7.71. The van der Waals surface area contributed by atoms with Crippen LogP contribution in [-0.2, 0) is 0 Å². The summed E-state index contributed by atoms with van der Waals surface area (Å²) in [7, 11) is 0. The summed E-state index contributed by atoms with van der Waals surface area (Å²) in [5.74, 6) is 0. The van der Waals surface area contributed by atoms with E-state index < -0.39 is 24.2 Å². The van der Waals surface area contributed by atoms with Crippen LogP contribution in [0.2, 0.25) is 0 Å². The number of benzene rings is 10. The summed E-state index contributed by atoms with van der Waals surface area (Å²) in [5.41, 5.74) is 2.12. The molecule has 0 aliphatic rings. The van der Waals surface area contributed by atoms with E-state index in [1.165, 1.54) is 4.90 Å². The zero-order valence-electron chi connectivity index (χ0n) is 36.8. The van der Waals surface area contributed by atoms with Gasteiger partial charge >= 0.3 is 0 Å². The highest BCUT2D eigenvalue weighted by Crippen LogP contribution is 2.45. The predicted molar refractivity (Wildman–Crippen MR) is 229 cm³/mol. The van der Waals surface area contributed by atoms with Crippen molar-refractivity contribution >= 4 is 82.1 Å². The largest absolute Gasteiger partial charge is 0.455 e. The average molecular weight is 696 g/mol. The van der Waals surface area contributed by atoms with Crippen molar-refractivity contribution in [2.75, 3.05) is 4.90 Å². The molecule has 0 amide bonds. The first kappa shape index (κ1) is 23.4. The van der Waals surface area contributed by atoms with Crippen molar-refractivity contribution in [1.29, 1.82) is 0 Å². The Morgan fingerprint density at radius 3 is 1.63 bits per heavy atom. The van der Waals surface area contributed by atoms with Crippen LogP contribution in [0, 0.1) is 0 Å². The van der Waals surface area contributed by atoms with Gasteiger partial charge in [-0.1, -0.05) is 145 Å². The summed E-state index contributed by atoms with van der Waals surface area (Å²) in [6.07, 6.45) is 0. The van der Waals surface area contributed by atoms with Crippen LogP contribution in [0.4, 0.5) is 17.1 Å². The molecule has 0 radical (unpaired) electrons. The molecular formula is C52H33NO. The van der Waals surface area contributed by atoms with Gasteiger partial charge in [0.2, 0.25) is 0 Å². The Kier molecular flexibility index (Phi) is 5.30. The molecule has 0 saturated heterocycles. The number of hydrogen-bond acceptors (Lipinski definition) is 2. The van der Waals surface area contributed by atoms with E-state index in [0.717, 1.165) is 43.1 Å². The van der Waals surface area contributed by atoms with Crippen molar-refractivity contribution in [2.45, 2.75) is 0 Å². The lowest BCUT2D eigenvalue weighted by Gasteiger charge is -2.26. The molecule has 2 heteroatoms. The third-order valence-corrected chi connectivity index (χ3v) is 10.3. The van der Waals surface area contributed by atoms with Gasteiger partial charge in [0.1, 0.15) is 11.2 Å². The lowest BCUT2D eigenvalue weighted by atomic mass is 9.97. The Morgan fingerprint density at radius 2 is 0.889 bits per heavy atom. The molecule has 0 aliphatic heterocycles. The minimum absolute atomic E-state index is 0.100. The van der Waals surface area contributed by atoms with E-state index in [4.69, 9.17) is 4.42 Å². The summed E-state index contributed by atoms with van der Waals surface area (Å²) >= 11 is 0. The maximum absolute atomic E-state index is 9.69. The quantitative estimate of drug-likeness (QED) is 0.167. The van der Waals surface area contributed by atoms with Crippen LogP contribution in [0.1, 0.15) is 11.0 Å². The lowest BCUT2D eigenvalue weighted by molar-refractivity contribution is 0.672. The maximum atomic E-state index is 9.69. The first-order valence-corrected chi connectivity index (χ1v) is 17.9. The van der Waals surface area contributed by atoms with Crippen molar-refractivity contribution in [3.63, 3.8) is 0 Å². The molecule has 0 aliphatic carbocycles. The van der Waals surface area contributed by atoms with E-state index in [0.29, 0.717) is 38.8 Å². The summed E-state index contributed by atoms with van der Waals surface area (Å²) in [5, 5.41) is 8.91. The summed E-state index contributed by atoms with van der Waals surface area (Å²) in [4.78, 5) is 1.37. The predicted octanol–water partition coefficient (Wildman–Crippen LogP) is 15.0. The molecule has 0 saturated carbocycles. The Bertz CT molecular complexity index is 3650. The maximum Gasteiger partial charge on any atom is 0.143 e. The molecule has 0 spiro atoms. The van der Waals surface area contributed by atoms with Crippen LogP contribution in [0.25, 0.3) is 87.3 Å². The number of fused-ring (bicyclic) bond motifs is 9. The highest BCUT2D eigenvalue weighted by atomic mass is 16.3. The van der Waals surface area contributed by atoms with E-state index in [9.17, 15) is 11.0 Å². The highest BCUT2D eigenvalue weighted by Gasteiger charge is 2.20. The molecule has 11 rings (SSSR count). The van der Waals surface area contributed by atoms with Crippen molar-refractivity contribution in [3.05, 3.63) is 200 Å². The van der Waals surface area contributed by atoms with Crippen LogP contribution >= 0.6 is 0 Å². The van der Waals surface area contributed by atoms with Gasteiger partial charge in [-0.3, -0.25) is 0 Å². The van der Waals surface area contributed by atoms with Gasteiger partial charge in [0.05, 0.1) is 22.0 Å². The van der Waals surface area contributed by atoms with Crippen molar-refractivity contribution in [2.24, 2.45) is 0 Å². The molecule has 2 nitrogen and oxygen atoms in total. The second-order valence-corrected chi connectivity index (χ2v) is 13.5. The number of anilines is 3. The highest BCUT2D eigenvalue weighted by molar-refractivity contribution is 6.19. The average Bonchev–Trinajstić information content (AvgIpc) is 3.70. The number of rotatable bonds is 5. The van der Waals surface area contributed by atoms with Crippen molar-refractivity contribution < 1.29 is 15.4 Å². The lowest BCUT2D eigenvalue weighted by Crippen LogP contribution is -2.10. The zero-order chi connectivity index (χ0) is 42.6. The minimum atomic E-state index is -0.412. The Labute approximate surface area is 324 Å². The third-order valence-electron chi connectivity index (χ3n) is 10.3. The Balaban J connectivity index is 1.19. The van der Waals surface area contributed by atoms with Crippen molar-refractivity contribution in [3.8, 4) is 22.3 Å². The molecule has 0 atom stereocenters. The van der Waals surface area contributed by atoms with Gasteiger partial charge < -0.3 is 9.32 Å².